The maximum Gasteiger partial charge on any atom is 0.229 e. The van der Waals surface area contributed by atoms with Gasteiger partial charge in [-0.25, -0.2) is 0 Å². The largest absolute Gasteiger partial charge is 0.337 e. The molecule has 4 bridgehead atoms. The molecule has 2 heterocycles. The molecule has 28 heavy (non-hydrogen) atoms. The molecule has 2 nitrogen and oxygen atoms in total. The summed E-state index contributed by atoms with van der Waals surface area (Å²) in [5, 5.41) is 2.19. The minimum Gasteiger partial charge on any atom is -0.337 e. The van der Waals surface area contributed by atoms with Crippen molar-refractivity contribution in [2.24, 2.45) is 17.3 Å². The van der Waals surface area contributed by atoms with E-state index in [1.165, 1.54) is 40.8 Å². The van der Waals surface area contributed by atoms with E-state index in [9.17, 15) is 4.79 Å². The number of carbonyl (C=O) groups excluding carboxylic acids is 1. The Balaban J connectivity index is 1.34. The van der Waals surface area contributed by atoms with Crippen LogP contribution in [-0.4, -0.2) is 17.4 Å². The Bertz CT molecular complexity index is 912. The van der Waals surface area contributed by atoms with Gasteiger partial charge < -0.3 is 4.90 Å². The summed E-state index contributed by atoms with van der Waals surface area (Å²) in [6.45, 7) is 3.93. The fourth-order valence-electron chi connectivity index (χ4n) is 7.51. The fourth-order valence-corrected chi connectivity index (χ4v) is 8.40. The van der Waals surface area contributed by atoms with Crippen LogP contribution in [0.4, 0.5) is 0 Å². The molecule has 2 aromatic rings. The van der Waals surface area contributed by atoms with E-state index in [1.807, 2.05) is 11.3 Å². The lowest BCUT2D eigenvalue weighted by Crippen LogP contribution is -2.59. The lowest BCUT2D eigenvalue weighted by Gasteiger charge is -2.62. The number of nitrogens with zero attached hydrogens (tertiary/aromatic N) is 1. The number of benzene rings is 1. The van der Waals surface area contributed by atoms with E-state index in [0.717, 1.165) is 50.6 Å². The molecule has 0 spiro atoms. The van der Waals surface area contributed by atoms with E-state index < -0.39 is 0 Å². The number of rotatable bonds is 2. The summed E-state index contributed by atoms with van der Waals surface area (Å²) < 4.78 is 0. The van der Waals surface area contributed by atoms with Gasteiger partial charge in [0.2, 0.25) is 5.91 Å². The molecular weight excluding hydrogens is 362 g/mol. The topological polar surface area (TPSA) is 20.3 Å². The monoisotopic (exact) mass is 391 g/mol. The van der Waals surface area contributed by atoms with Crippen LogP contribution in [0.1, 0.15) is 60.1 Å². The number of fused-ring (bicyclic) bond motifs is 1. The van der Waals surface area contributed by atoms with E-state index in [4.69, 9.17) is 0 Å². The van der Waals surface area contributed by atoms with E-state index in [1.54, 1.807) is 0 Å². The van der Waals surface area contributed by atoms with Crippen LogP contribution < -0.4 is 0 Å². The Hall–Kier alpha value is -1.61. The summed E-state index contributed by atoms with van der Waals surface area (Å²) in [7, 11) is 0. The van der Waals surface area contributed by atoms with Gasteiger partial charge in [0.05, 0.1) is 5.41 Å². The predicted molar refractivity (Wildman–Crippen MR) is 113 cm³/mol. The van der Waals surface area contributed by atoms with Crippen molar-refractivity contribution in [1.82, 2.24) is 4.90 Å². The highest BCUT2D eigenvalue weighted by molar-refractivity contribution is 7.10. The Kier molecular flexibility index (Phi) is 3.67. The zero-order valence-electron chi connectivity index (χ0n) is 16.7. The molecule has 146 valence electrons. The molecule has 2 atom stereocenters. The van der Waals surface area contributed by atoms with E-state index in [-0.39, 0.29) is 10.8 Å². The van der Waals surface area contributed by atoms with E-state index >= 15 is 0 Å². The van der Waals surface area contributed by atoms with Crippen molar-refractivity contribution in [3.8, 4) is 0 Å². The molecule has 0 N–H and O–H groups in total. The Morgan fingerprint density at radius 2 is 1.82 bits per heavy atom. The number of carbonyl (C=O) groups is 1. The summed E-state index contributed by atoms with van der Waals surface area (Å²) in [4.78, 5) is 17.6. The van der Waals surface area contributed by atoms with Gasteiger partial charge in [0.15, 0.2) is 0 Å². The molecule has 1 aromatic heterocycles. The average molecular weight is 392 g/mol. The molecule has 5 aliphatic rings. The van der Waals surface area contributed by atoms with Crippen LogP contribution in [0.2, 0.25) is 0 Å². The van der Waals surface area contributed by atoms with Crippen molar-refractivity contribution in [3.63, 3.8) is 0 Å². The van der Waals surface area contributed by atoms with Gasteiger partial charge in [0.25, 0.3) is 0 Å². The first-order valence-electron chi connectivity index (χ1n) is 11.0. The second-order valence-corrected chi connectivity index (χ2v) is 11.2. The molecule has 4 fully saturated rings. The molecule has 4 aliphatic carbocycles. The third-order valence-corrected chi connectivity index (χ3v) is 9.30. The molecule has 1 aromatic carbocycles. The number of aryl methyl sites for hydroxylation is 1. The first-order valence-corrected chi connectivity index (χ1v) is 11.9. The maximum atomic E-state index is 13.9. The molecule has 4 saturated carbocycles. The van der Waals surface area contributed by atoms with Crippen molar-refractivity contribution in [2.45, 2.75) is 63.8 Å². The average Bonchev–Trinajstić information content (AvgIpc) is 3.14. The van der Waals surface area contributed by atoms with Crippen LogP contribution in [0.3, 0.4) is 0 Å². The lowest BCUT2D eigenvalue weighted by atomic mass is 9.42. The molecule has 7 rings (SSSR count). The molecule has 2 unspecified atom stereocenters. The van der Waals surface area contributed by atoms with Crippen LogP contribution in [0.5, 0.6) is 0 Å². The number of amides is 1. The predicted octanol–water partition coefficient (Wildman–Crippen LogP) is 5.48. The highest BCUT2D eigenvalue weighted by atomic mass is 32.1. The lowest BCUT2D eigenvalue weighted by molar-refractivity contribution is -0.161. The van der Waals surface area contributed by atoms with Gasteiger partial charge in [-0.15, -0.1) is 11.3 Å². The first-order chi connectivity index (χ1) is 13.6. The third kappa shape index (κ3) is 2.48. The van der Waals surface area contributed by atoms with Crippen molar-refractivity contribution in [1.29, 1.82) is 0 Å². The van der Waals surface area contributed by atoms with Crippen LogP contribution >= 0.6 is 11.3 Å². The summed E-state index contributed by atoms with van der Waals surface area (Å²) in [6.07, 6.45) is 8.38. The highest BCUT2D eigenvalue weighted by Crippen LogP contribution is 2.66. The molecule has 0 radical (unpaired) electrons. The van der Waals surface area contributed by atoms with E-state index in [0.29, 0.717) is 5.91 Å². The van der Waals surface area contributed by atoms with Gasteiger partial charge in [0.1, 0.15) is 0 Å². The smallest absolute Gasteiger partial charge is 0.229 e. The Morgan fingerprint density at radius 1 is 1.07 bits per heavy atom. The van der Waals surface area contributed by atoms with Gasteiger partial charge in [-0.3, -0.25) is 4.79 Å². The van der Waals surface area contributed by atoms with E-state index in [2.05, 4.69) is 47.5 Å². The molecule has 1 aliphatic heterocycles. The number of hydrogen-bond acceptors (Lipinski definition) is 2. The number of thiophene rings is 1. The molecule has 1 amide bonds. The van der Waals surface area contributed by atoms with Gasteiger partial charge in [0, 0.05) is 18.0 Å². The Morgan fingerprint density at radius 3 is 2.57 bits per heavy atom. The van der Waals surface area contributed by atoms with Crippen LogP contribution in [0.25, 0.3) is 0 Å². The molecular formula is C25H29NOS. The zero-order valence-corrected chi connectivity index (χ0v) is 17.6. The quantitative estimate of drug-likeness (QED) is 0.664. The minimum absolute atomic E-state index is 0.0947. The SMILES string of the molecule is Cc1ccc(C23CC4CC(CC(C(=O)N5CCc6sccc6C5)(C4)C2)C3)cc1. The highest BCUT2D eigenvalue weighted by Gasteiger charge is 2.61. The summed E-state index contributed by atoms with van der Waals surface area (Å²) in [5.41, 5.74) is 4.38. The van der Waals surface area contributed by atoms with Gasteiger partial charge in [-0.1, -0.05) is 29.8 Å². The third-order valence-electron chi connectivity index (χ3n) is 8.27. The van der Waals surface area contributed by atoms with Crippen LogP contribution in [0.15, 0.2) is 35.7 Å². The number of hydrogen-bond donors (Lipinski definition) is 0. The second kappa shape index (κ2) is 5.95. The normalized spacial score (nSPS) is 35.8. The van der Waals surface area contributed by atoms with Crippen molar-refractivity contribution >= 4 is 17.2 Å². The molecule has 0 saturated heterocycles. The zero-order chi connectivity index (χ0) is 18.9. The minimum atomic E-state index is -0.0947. The van der Waals surface area contributed by atoms with Crippen molar-refractivity contribution in [2.75, 3.05) is 6.54 Å². The van der Waals surface area contributed by atoms with Crippen molar-refractivity contribution in [3.05, 3.63) is 57.3 Å². The first kappa shape index (κ1) is 17.3. The summed E-state index contributed by atoms with van der Waals surface area (Å²) in [5.74, 6) is 1.97. The van der Waals surface area contributed by atoms with Crippen LogP contribution in [-0.2, 0) is 23.2 Å². The standard InChI is InChI=1S/C25H29NOS/c1-17-2-4-21(5-3-17)24-11-18-10-19(12-24)14-25(13-18,16-24)23(27)26-8-6-22-20(15-26)7-9-28-22/h2-5,7,9,18-19H,6,8,10-16H2,1H3. The van der Waals surface area contributed by atoms with Gasteiger partial charge >= 0.3 is 0 Å². The van der Waals surface area contributed by atoms with Crippen molar-refractivity contribution < 1.29 is 4.79 Å². The maximum absolute atomic E-state index is 13.9. The summed E-state index contributed by atoms with van der Waals surface area (Å²) in [6, 6.07) is 11.5. The van der Waals surface area contributed by atoms with Gasteiger partial charge in [-0.2, -0.15) is 0 Å². The molecule has 3 heteroatoms. The fraction of sp³-hybridized carbons (Fsp3) is 0.560. The van der Waals surface area contributed by atoms with Crippen LogP contribution in [0, 0.1) is 24.2 Å². The van der Waals surface area contributed by atoms with Gasteiger partial charge in [-0.05, 0) is 91.7 Å². The second-order valence-electron chi connectivity index (χ2n) is 10.2. The Labute approximate surface area is 172 Å². The summed E-state index contributed by atoms with van der Waals surface area (Å²) >= 11 is 1.86.